The Hall–Kier alpha value is -2.93. The van der Waals surface area contributed by atoms with Crippen molar-refractivity contribution in [3.05, 3.63) is 65.5 Å². The van der Waals surface area contributed by atoms with Gasteiger partial charge in [0.15, 0.2) is 5.65 Å². The van der Waals surface area contributed by atoms with Crippen molar-refractivity contribution in [1.82, 2.24) is 8.96 Å². The second-order valence-electron chi connectivity index (χ2n) is 7.25. The number of carbonyl (C=O) groups is 1. The van der Waals surface area contributed by atoms with E-state index in [0.717, 1.165) is 21.5 Å². The van der Waals surface area contributed by atoms with Crippen LogP contribution in [0.15, 0.2) is 53.7 Å². The van der Waals surface area contributed by atoms with Crippen LogP contribution in [0.3, 0.4) is 0 Å². The molecule has 0 spiro atoms. The molecule has 0 aliphatic heterocycles. The fourth-order valence-corrected chi connectivity index (χ4v) is 4.37. The molecular weight excluding hydrogens is 374 g/mol. The highest BCUT2D eigenvalue weighted by Crippen LogP contribution is 2.27. The highest BCUT2D eigenvalue weighted by Gasteiger charge is 2.22. The van der Waals surface area contributed by atoms with Crippen LogP contribution < -0.4 is 5.73 Å². The smallest absolute Gasteiger partial charge is 0.269 e. The number of benzene rings is 1. The van der Waals surface area contributed by atoms with E-state index < -0.39 is 15.9 Å². The van der Waals surface area contributed by atoms with Gasteiger partial charge in [0.1, 0.15) is 0 Å². The number of aromatic nitrogens is 2. The second kappa shape index (κ2) is 7.59. The number of nitrogens with zero attached hydrogens (tertiary/aromatic N) is 2. The van der Waals surface area contributed by atoms with E-state index in [2.05, 4.69) is 18.8 Å². The fourth-order valence-electron chi connectivity index (χ4n) is 3.04. The van der Waals surface area contributed by atoms with Crippen molar-refractivity contribution >= 4 is 33.0 Å². The van der Waals surface area contributed by atoms with Crippen LogP contribution in [0.25, 0.3) is 17.1 Å². The van der Waals surface area contributed by atoms with Crippen molar-refractivity contribution in [2.45, 2.75) is 32.1 Å². The molecule has 0 fully saturated rings. The molecule has 1 aromatic carbocycles. The van der Waals surface area contributed by atoms with E-state index in [1.807, 2.05) is 13.0 Å². The summed E-state index contributed by atoms with van der Waals surface area (Å²) in [6.45, 7) is 6.10. The standard InChI is InChI=1S/C21H23N3O3S/c1-14(2)10-16-11-19-17(6-9-20(22)25)13-24(21(19)23-12-16)28(26,27)18-7-4-15(3)5-8-18/h4-9,11-14H,10H2,1-3H3,(H2,22,25)/b9-6+. The van der Waals surface area contributed by atoms with Gasteiger partial charge in [0, 0.05) is 29.4 Å². The first kappa shape index (κ1) is 19.8. The van der Waals surface area contributed by atoms with Gasteiger partial charge in [-0.15, -0.1) is 0 Å². The summed E-state index contributed by atoms with van der Waals surface area (Å²) < 4.78 is 27.5. The Bertz CT molecular complexity index is 1160. The van der Waals surface area contributed by atoms with Gasteiger partial charge in [-0.25, -0.2) is 17.4 Å². The number of rotatable bonds is 6. The monoisotopic (exact) mass is 397 g/mol. The molecule has 28 heavy (non-hydrogen) atoms. The number of carbonyl (C=O) groups excluding carboxylic acids is 1. The number of amides is 1. The lowest BCUT2D eigenvalue weighted by Crippen LogP contribution is -2.12. The van der Waals surface area contributed by atoms with Gasteiger partial charge >= 0.3 is 0 Å². The molecule has 2 N–H and O–H groups in total. The summed E-state index contributed by atoms with van der Waals surface area (Å²) in [5.41, 5.74) is 8.07. The first-order valence-corrected chi connectivity index (χ1v) is 10.4. The Labute approximate surface area is 164 Å². The van der Waals surface area contributed by atoms with Crippen molar-refractivity contribution in [1.29, 1.82) is 0 Å². The largest absolute Gasteiger partial charge is 0.366 e. The van der Waals surface area contributed by atoms with Crippen LogP contribution in [0.1, 0.15) is 30.5 Å². The average Bonchev–Trinajstić information content (AvgIpc) is 2.98. The van der Waals surface area contributed by atoms with Gasteiger partial charge in [0.05, 0.1) is 4.90 Å². The number of aryl methyl sites for hydroxylation is 1. The first-order chi connectivity index (χ1) is 13.2. The molecule has 0 unspecified atom stereocenters. The third-order valence-electron chi connectivity index (χ3n) is 4.35. The van der Waals surface area contributed by atoms with Gasteiger partial charge in [0.2, 0.25) is 5.91 Å². The van der Waals surface area contributed by atoms with Gasteiger partial charge < -0.3 is 5.73 Å². The number of nitrogens with two attached hydrogens (primary N) is 1. The van der Waals surface area contributed by atoms with E-state index >= 15 is 0 Å². The van der Waals surface area contributed by atoms with E-state index in [1.54, 1.807) is 30.5 Å². The number of fused-ring (bicyclic) bond motifs is 1. The minimum atomic E-state index is -3.83. The second-order valence-corrected chi connectivity index (χ2v) is 9.06. The molecular formula is C21H23N3O3S. The zero-order chi connectivity index (χ0) is 20.5. The molecule has 7 heteroatoms. The molecule has 146 valence electrons. The minimum Gasteiger partial charge on any atom is -0.366 e. The van der Waals surface area contributed by atoms with Crippen LogP contribution in [-0.4, -0.2) is 23.3 Å². The molecule has 0 saturated heterocycles. The lowest BCUT2D eigenvalue weighted by molar-refractivity contribution is -0.113. The summed E-state index contributed by atoms with van der Waals surface area (Å²) in [5.74, 6) is -0.171. The van der Waals surface area contributed by atoms with Crippen LogP contribution >= 0.6 is 0 Å². The molecule has 2 heterocycles. The van der Waals surface area contributed by atoms with Gasteiger partial charge in [0.25, 0.3) is 10.0 Å². The van der Waals surface area contributed by atoms with E-state index in [0.29, 0.717) is 22.5 Å². The number of primary amides is 1. The van der Waals surface area contributed by atoms with Crippen LogP contribution in [-0.2, 0) is 21.2 Å². The maximum absolute atomic E-state index is 13.2. The normalized spacial score (nSPS) is 12.3. The molecule has 2 aromatic heterocycles. The summed E-state index contributed by atoms with van der Waals surface area (Å²) in [5, 5.41) is 0.659. The summed E-state index contributed by atoms with van der Waals surface area (Å²) in [6, 6.07) is 8.57. The molecule has 0 saturated carbocycles. The van der Waals surface area contributed by atoms with Gasteiger partial charge in [-0.3, -0.25) is 4.79 Å². The lowest BCUT2D eigenvalue weighted by Gasteiger charge is -2.08. The van der Waals surface area contributed by atoms with Gasteiger partial charge in [-0.1, -0.05) is 31.5 Å². The Morgan fingerprint density at radius 2 is 1.93 bits per heavy atom. The average molecular weight is 398 g/mol. The Morgan fingerprint density at radius 3 is 2.54 bits per heavy atom. The molecule has 0 aliphatic rings. The SMILES string of the molecule is Cc1ccc(S(=O)(=O)n2cc(/C=C/C(N)=O)c3cc(CC(C)C)cnc32)cc1. The first-order valence-electron chi connectivity index (χ1n) is 8.98. The molecule has 3 aromatic rings. The third-order valence-corrected chi connectivity index (χ3v) is 6.01. The molecule has 0 radical (unpaired) electrons. The Morgan fingerprint density at radius 1 is 1.25 bits per heavy atom. The maximum atomic E-state index is 13.2. The van der Waals surface area contributed by atoms with E-state index in [9.17, 15) is 13.2 Å². The lowest BCUT2D eigenvalue weighted by atomic mass is 10.0. The molecule has 6 nitrogen and oxygen atoms in total. The van der Waals surface area contributed by atoms with Crippen molar-refractivity contribution in [2.75, 3.05) is 0 Å². The minimum absolute atomic E-state index is 0.175. The predicted octanol–water partition coefficient (Wildman–Crippen LogP) is 3.28. The van der Waals surface area contributed by atoms with Gasteiger partial charge in [-0.2, -0.15) is 0 Å². The highest BCUT2D eigenvalue weighted by atomic mass is 32.2. The Balaban J connectivity index is 2.22. The summed E-state index contributed by atoms with van der Waals surface area (Å²) in [6.07, 6.45) is 6.73. The topological polar surface area (TPSA) is 95.0 Å². The number of hydrogen-bond acceptors (Lipinski definition) is 4. The van der Waals surface area contributed by atoms with Gasteiger partial charge in [-0.05, 0) is 49.1 Å². The van der Waals surface area contributed by atoms with Crippen molar-refractivity contribution in [3.63, 3.8) is 0 Å². The summed E-state index contributed by atoms with van der Waals surface area (Å²) in [7, 11) is -3.83. The molecule has 0 atom stereocenters. The zero-order valence-electron chi connectivity index (χ0n) is 16.1. The predicted molar refractivity (Wildman–Crippen MR) is 110 cm³/mol. The van der Waals surface area contributed by atoms with E-state index in [-0.39, 0.29) is 4.90 Å². The number of hydrogen-bond donors (Lipinski definition) is 1. The van der Waals surface area contributed by atoms with Crippen molar-refractivity contribution in [2.24, 2.45) is 11.7 Å². The Kier molecular flexibility index (Phi) is 5.38. The van der Waals surface area contributed by atoms with Crippen LogP contribution in [0.5, 0.6) is 0 Å². The maximum Gasteiger partial charge on any atom is 0.269 e. The molecule has 1 amide bonds. The molecule has 0 bridgehead atoms. The van der Waals surface area contributed by atoms with Crippen molar-refractivity contribution in [3.8, 4) is 0 Å². The van der Waals surface area contributed by atoms with E-state index in [4.69, 9.17) is 5.73 Å². The molecule has 3 rings (SSSR count). The number of pyridine rings is 1. The molecule has 0 aliphatic carbocycles. The summed E-state index contributed by atoms with van der Waals surface area (Å²) in [4.78, 5) is 15.8. The summed E-state index contributed by atoms with van der Waals surface area (Å²) >= 11 is 0. The van der Waals surface area contributed by atoms with E-state index in [1.165, 1.54) is 18.3 Å². The fraction of sp³-hybridized carbons (Fsp3) is 0.238. The van der Waals surface area contributed by atoms with Crippen LogP contribution in [0.4, 0.5) is 0 Å². The van der Waals surface area contributed by atoms with Crippen molar-refractivity contribution < 1.29 is 13.2 Å². The highest BCUT2D eigenvalue weighted by molar-refractivity contribution is 7.90. The third kappa shape index (κ3) is 3.99. The van der Waals surface area contributed by atoms with Crippen LogP contribution in [0.2, 0.25) is 0 Å². The van der Waals surface area contributed by atoms with Crippen LogP contribution in [0, 0.1) is 12.8 Å². The quantitative estimate of drug-likeness (QED) is 0.646. The zero-order valence-corrected chi connectivity index (χ0v) is 16.9.